The Kier molecular flexibility index (Phi) is 5.84. The molecule has 0 aromatic rings. The highest BCUT2D eigenvalue weighted by Crippen LogP contribution is 2.25. The fraction of sp³-hybridized carbons (Fsp3) is 1.00. The maximum absolute atomic E-state index is 11.8. The molecule has 1 rings (SSSR count). The number of halogens is 3. The molecular formula is C11H21F3N2O2. The van der Waals surface area contributed by atoms with Gasteiger partial charge in [0, 0.05) is 32.8 Å². The van der Waals surface area contributed by atoms with Crippen LogP contribution in [0.25, 0.3) is 0 Å². The average Bonchev–Trinajstić information content (AvgIpc) is 2.30. The maximum Gasteiger partial charge on any atom is 0.522 e. The molecule has 0 bridgehead atoms. The molecule has 0 amide bonds. The van der Waals surface area contributed by atoms with Gasteiger partial charge in [-0.15, -0.1) is 13.2 Å². The maximum atomic E-state index is 11.8. The number of ether oxygens (including phenoxy) is 2. The van der Waals surface area contributed by atoms with Crippen molar-refractivity contribution in [3.8, 4) is 0 Å². The van der Waals surface area contributed by atoms with Crippen molar-refractivity contribution >= 4 is 0 Å². The molecule has 1 fully saturated rings. The predicted octanol–water partition coefficient (Wildman–Crippen LogP) is 1.35. The summed E-state index contributed by atoms with van der Waals surface area (Å²) in [6.07, 6.45) is -3.03. The van der Waals surface area contributed by atoms with Crippen LogP contribution in [-0.4, -0.2) is 56.3 Å². The highest BCUT2D eigenvalue weighted by Gasteiger charge is 2.34. The van der Waals surface area contributed by atoms with E-state index in [-0.39, 0.29) is 18.8 Å². The Morgan fingerprint density at radius 1 is 1.28 bits per heavy atom. The zero-order valence-corrected chi connectivity index (χ0v) is 10.6. The molecule has 0 atom stereocenters. The second-order valence-corrected chi connectivity index (χ2v) is 4.46. The van der Waals surface area contributed by atoms with Gasteiger partial charge in [-0.3, -0.25) is 4.74 Å². The fourth-order valence-electron chi connectivity index (χ4n) is 2.19. The Morgan fingerprint density at radius 2 is 1.89 bits per heavy atom. The van der Waals surface area contributed by atoms with Gasteiger partial charge in [0.25, 0.3) is 0 Å². The summed E-state index contributed by atoms with van der Waals surface area (Å²) < 4.78 is 44.9. The molecule has 4 nitrogen and oxygen atoms in total. The lowest BCUT2D eigenvalue weighted by Gasteiger charge is -2.40. The molecule has 1 saturated heterocycles. The standard InChI is InChI=1S/C11H21F3N2O2/c1-2-17-10(9-15)3-5-16(6-4-10)7-8-18-11(12,13)14/h2-9,15H2,1H3. The number of alkyl halides is 3. The molecule has 108 valence electrons. The van der Waals surface area contributed by atoms with Crippen LogP contribution in [0.3, 0.4) is 0 Å². The molecule has 0 aromatic carbocycles. The van der Waals surface area contributed by atoms with E-state index in [2.05, 4.69) is 4.74 Å². The number of rotatable bonds is 6. The van der Waals surface area contributed by atoms with E-state index in [9.17, 15) is 13.2 Å². The van der Waals surface area contributed by atoms with E-state index < -0.39 is 6.36 Å². The fourth-order valence-corrected chi connectivity index (χ4v) is 2.19. The number of nitrogens with two attached hydrogens (primary N) is 1. The minimum Gasteiger partial charge on any atom is -0.374 e. The van der Waals surface area contributed by atoms with Gasteiger partial charge in [0.1, 0.15) is 0 Å². The van der Waals surface area contributed by atoms with Gasteiger partial charge in [-0.05, 0) is 19.8 Å². The van der Waals surface area contributed by atoms with Gasteiger partial charge < -0.3 is 15.4 Å². The van der Waals surface area contributed by atoms with Gasteiger partial charge >= 0.3 is 6.36 Å². The smallest absolute Gasteiger partial charge is 0.374 e. The highest BCUT2D eigenvalue weighted by atomic mass is 19.4. The first kappa shape index (κ1) is 15.7. The predicted molar refractivity (Wildman–Crippen MR) is 61.1 cm³/mol. The highest BCUT2D eigenvalue weighted by molar-refractivity contribution is 4.88. The number of likely N-dealkylation sites (tertiary alicyclic amines) is 1. The summed E-state index contributed by atoms with van der Waals surface area (Å²) in [4.78, 5) is 1.94. The quantitative estimate of drug-likeness (QED) is 0.791. The zero-order valence-electron chi connectivity index (χ0n) is 10.6. The SMILES string of the molecule is CCOC1(CN)CCN(CCOC(F)(F)F)CC1. The van der Waals surface area contributed by atoms with E-state index in [1.54, 1.807) is 0 Å². The lowest BCUT2D eigenvalue weighted by atomic mass is 9.91. The Morgan fingerprint density at radius 3 is 2.33 bits per heavy atom. The van der Waals surface area contributed by atoms with Crippen molar-refractivity contribution in [2.24, 2.45) is 5.73 Å². The van der Waals surface area contributed by atoms with Crippen LogP contribution in [0, 0.1) is 0 Å². The third-order valence-electron chi connectivity index (χ3n) is 3.26. The number of hydrogen-bond donors (Lipinski definition) is 1. The van der Waals surface area contributed by atoms with Crippen molar-refractivity contribution in [3.05, 3.63) is 0 Å². The molecule has 18 heavy (non-hydrogen) atoms. The summed E-state index contributed by atoms with van der Waals surface area (Å²) in [5.74, 6) is 0. The Balaban J connectivity index is 2.26. The van der Waals surface area contributed by atoms with Crippen LogP contribution < -0.4 is 5.73 Å². The second-order valence-electron chi connectivity index (χ2n) is 4.46. The molecule has 1 aliphatic rings. The molecular weight excluding hydrogens is 249 g/mol. The largest absolute Gasteiger partial charge is 0.522 e. The van der Waals surface area contributed by atoms with E-state index in [1.165, 1.54) is 0 Å². The summed E-state index contributed by atoms with van der Waals surface area (Å²) in [6.45, 7) is 4.32. The summed E-state index contributed by atoms with van der Waals surface area (Å²) in [5, 5.41) is 0. The molecule has 2 N–H and O–H groups in total. The third kappa shape index (κ3) is 5.09. The van der Waals surface area contributed by atoms with Crippen LogP contribution >= 0.6 is 0 Å². The first-order chi connectivity index (χ1) is 8.41. The van der Waals surface area contributed by atoms with Gasteiger partial charge in [-0.25, -0.2) is 0 Å². The Hall–Kier alpha value is -0.370. The van der Waals surface area contributed by atoms with Crippen LogP contribution in [0.1, 0.15) is 19.8 Å². The Labute approximate surface area is 105 Å². The van der Waals surface area contributed by atoms with Crippen molar-refractivity contribution in [2.75, 3.05) is 39.4 Å². The van der Waals surface area contributed by atoms with Gasteiger partial charge in [0.2, 0.25) is 0 Å². The Bertz CT molecular complexity index is 241. The normalized spacial score (nSPS) is 21.2. The summed E-state index contributed by atoms with van der Waals surface area (Å²) in [5.41, 5.74) is 5.41. The zero-order chi connectivity index (χ0) is 13.6. The van der Waals surface area contributed by atoms with Crippen LogP contribution in [-0.2, 0) is 9.47 Å². The first-order valence-corrected chi connectivity index (χ1v) is 6.18. The van der Waals surface area contributed by atoms with Gasteiger partial charge in [-0.1, -0.05) is 0 Å². The van der Waals surface area contributed by atoms with Crippen molar-refractivity contribution in [2.45, 2.75) is 31.7 Å². The van der Waals surface area contributed by atoms with E-state index >= 15 is 0 Å². The number of hydrogen-bond acceptors (Lipinski definition) is 4. The molecule has 0 aromatic heterocycles. The topological polar surface area (TPSA) is 47.7 Å². The van der Waals surface area contributed by atoms with Crippen molar-refractivity contribution < 1.29 is 22.6 Å². The summed E-state index contributed by atoms with van der Waals surface area (Å²) in [7, 11) is 0. The molecule has 0 saturated carbocycles. The van der Waals surface area contributed by atoms with Crippen LogP contribution in [0.15, 0.2) is 0 Å². The van der Waals surface area contributed by atoms with Crippen molar-refractivity contribution in [1.29, 1.82) is 0 Å². The minimum absolute atomic E-state index is 0.284. The minimum atomic E-state index is -4.54. The molecule has 0 aliphatic carbocycles. The van der Waals surface area contributed by atoms with Crippen LogP contribution in [0.2, 0.25) is 0 Å². The molecule has 0 spiro atoms. The van der Waals surface area contributed by atoms with Crippen molar-refractivity contribution in [1.82, 2.24) is 4.90 Å². The lowest BCUT2D eigenvalue weighted by molar-refractivity contribution is -0.325. The molecule has 0 radical (unpaired) electrons. The molecule has 1 aliphatic heterocycles. The number of nitrogens with zero attached hydrogens (tertiary/aromatic N) is 1. The summed E-state index contributed by atoms with van der Waals surface area (Å²) >= 11 is 0. The average molecular weight is 270 g/mol. The van der Waals surface area contributed by atoms with Gasteiger partial charge in [-0.2, -0.15) is 0 Å². The van der Waals surface area contributed by atoms with E-state index in [0.29, 0.717) is 26.2 Å². The second kappa shape index (κ2) is 6.70. The van der Waals surface area contributed by atoms with Gasteiger partial charge in [0.05, 0.1) is 12.2 Å². The van der Waals surface area contributed by atoms with Crippen LogP contribution in [0.5, 0.6) is 0 Å². The first-order valence-electron chi connectivity index (χ1n) is 6.18. The lowest BCUT2D eigenvalue weighted by Crippen LogP contribution is -2.51. The monoisotopic (exact) mass is 270 g/mol. The third-order valence-corrected chi connectivity index (χ3v) is 3.26. The number of piperidine rings is 1. The van der Waals surface area contributed by atoms with E-state index in [1.807, 2.05) is 11.8 Å². The summed E-state index contributed by atoms with van der Waals surface area (Å²) in [6, 6.07) is 0. The van der Waals surface area contributed by atoms with Crippen LogP contribution in [0.4, 0.5) is 13.2 Å². The molecule has 1 heterocycles. The van der Waals surface area contributed by atoms with E-state index in [0.717, 1.165) is 12.8 Å². The van der Waals surface area contributed by atoms with Gasteiger partial charge in [0.15, 0.2) is 0 Å². The van der Waals surface area contributed by atoms with Crippen molar-refractivity contribution in [3.63, 3.8) is 0 Å². The molecule has 7 heteroatoms. The van der Waals surface area contributed by atoms with E-state index in [4.69, 9.17) is 10.5 Å². The molecule has 0 unspecified atom stereocenters.